The second kappa shape index (κ2) is 12.2. The van der Waals surface area contributed by atoms with Crippen LogP contribution in [0.2, 0.25) is 0 Å². The minimum atomic E-state index is -4.14. The van der Waals surface area contributed by atoms with E-state index < -0.39 is 53.5 Å². The maximum absolute atomic E-state index is 15.2. The van der Waals surface area contributed by atoms with Gasteiger partial charge in [0.15, 0.2) is 6.04 Å². The first-order valence-corrected chi connectivity index (χ1v) is 11.2. The van der Waals surface area contributed by atoms with E-state index in [1.54, 1.807) is 44.2 Å². The van der Waals surface area contributed by atoms with Crippen LogP contribution >= 0.6 is 0 Å². The number of halogens is 2. The van der Waals surface area contributed by atoms with Crippen LogP contribution < -0.4 is 16.4 Å². The molecule has 8 nitrogen and oxygen atoms in total. The summed E-state index contributed by atoms with van der Waals surface area (Å²) in [6, 6.07) is 3.65. The van der Waals surface area contributed by atoms with E-state index in [4.69, 9.17) is 10.5 Å². The number of amides is 2. The Hall–Kier alpha value is -2.59. The zero-order valence-corrected chi connectivity index (χ0v) is 20.6. The summed E-state index contributed by atoms with van der Waals surface area (Å²) in [7, 11) is 0. The molecular weight excluding hydrogens is 448 g/mol. The highest BCUT2D eigenvalue weighted by atomic mass is 19.3. The van der Waals surface area contributed by atoms with Crippen LogP contribution in [0.5, 0.6) is 0 Å². The number of aliphatic hydroxyl groups excluding tert-OH is 1. The monoisotopic (exact) mass is 485 g/mol. The van der Waals surface area contributed by atoms with Crippen LogP contribution in [0.4, 0.5) is 8.78 Å². The molecule has 5 N–H and O–H groups in total. The molecule has 1 aromatic rings. The number of rotatable bonds is 11. The van der Waals surface area contributed by atoms with E-state index in [-0.39, 0.29) is 18.8 Å². The highest BCUT2D eigenvalue weighted by Gasteiger charge is 2.54. The van der Waals surface area contributed by atoms with Gasteiger partial charge in [0.05, 0.1) is 6.42 Å². The number of hydrogen-bond donors (Lipinski definition) is 4. The lowest BCUT2D eigenvalue weighted by atomic mass is 9.92. The first-order valence-electron chi connectivity index (χ1n) is 11.2. The summed E-state index contributed by atoms with van der Waals surface area (Å²) >= 11 is 0. The lowest BCUT2D eigenvalue weighted by Gasteiger charge is -2.35. The van der Waals surface area contributed by atoms with Gasteiger partial charge in [-0.3, -0.25) is 9.59 Å². The van der Waals surface area contributed by atoms with E-state index in [9.17, 15) is 19.5 Å². The molecule has 0 saturated carbocycles. The third kappa shape index (κ3) is 9.34. The van der Waals surface area contributed by atoms with Gasteiger partial charge in [0, 0.05) is 6.04 Å². The van der Waals surface area contributed by atoms with Crippen molar-refractivity contribution >= 4 is 17.8 Å². The predicted octanol–water partition coefficient (Wildman–Crippen LogP) is 1.93. The molecule has 0 aliphatic heterocycles. The normalized spacial score (nSPS) is 15.7. The van der Waals surface area contributed by atoms with Gasteiger partial charge < -0.3 is 26.2 Å². The van der Waals surface area contributed by atoms with Crippen molar-refractivity contribution in [2.75, 3.05) is 0 Å². The Kier molecular flexibility index (Phi) is 10.6. The summed E-state index contributed by atoms with van der Waals surface area (Å²) in [5.74, 6) is -7.20. The number of nitrogens with one attached hydrogen (secondary N) is 2. The highest BCUT2D eigenvalue weighted by Crippen LogP contribution is 2.29. The highest BCUT2D eigenvalue weighted by molar-refractivity contribution is 5.91. The number of aliphatic hydroxyl groups is 1. The zero-order chi connectivity index (χ0) is 26.3. The Labute approximate surface area is 199 Å². The van der Waals surface area contributed by atoms with Crippen molar-refractivity contribution in [1.82, 2.24) is 10.6 Å². The summed E-state index contributed by atoms with van der Waals surface area (Å²) in [5.41, 5.74) is 5.32. The molecule has 1 aromatic carbocycles. The number of nitrogens with two attached hydrogens (primary N) is 1. The molecule has 192 valence electrons. The van der Waals surface area contributed by atoms with Crippen molar-refractivity contribution < 1.29 is 33.0 Å². The molecule has 0 aliphatic carbocycles. The molecule has 10 heteroatoms. The van der Waals surface area contributed by atoms with E-state index >= 15 is 8.78 Å². The average Bonchev–Trinajstić information content (AvgIpc) is 2.69. The zero-order valence-electron chi connectivity index (χ0n) is 20.6. The van der Waals surface area contributed by atoms with Crippen LogP contribution in [0.3, 0.4) is 0 Å². The lowest BCUT2D eigenvalue weighted by molar-refractivity contribution is -0.185. The summed E-state index contributed by atoms with van der Waals surface area (Å²) in [6.45, 7) is 9.23. The Morgan fingerprint density at radius 3 is 2.12 bits per heavy atom. The fourth-order valence-electron chi connectivity index (χ4n) is 3.21. The van der Waals surface area contributed by atoms with E-state index in [0.717, 1.165) is 0 Å². The summed E-state index contributed by atoms with van der Waals surface area (Å²) < 4.78 is 35.6. The van der Waals surface area contributed by atoms with Gasteiger partial charge in [0.1, 0.15) is 17.7 Å². The molecule has 0 heterocycles. The molecule has 3 unspecified atom stereocenters. The molecule has 0 radical (unpaired) electrons. The third-order valence-electron chi connectivity index (χ3n) is 4.84. The molecule has 0 saturated heterocycles. The number of carbonyl (C=O) groups is 3. The molecule has 0 bridgehead atoms. The van der Waals surface area contributed by atoms with Crippen molar-refractivity contribution in [3.05, 3.63) is 35.9 Å². The van der Waals surface area contributed by atoms with Crippen molar-refractivity contribution in [3.63, 3.8) is 0 Å². The number of esters is 1. The van der Waals surface area contributed by atoms with Gasteiger partial charge in [-0.25, -0.2) is 13.6 Å². The fourth-order valence-corrected chi connectivity index (χ4v) is 3.21. The van der Waals surface area contributed by atoms with Gasteiger partial charge in [-0.15, -0.1) is 0 Å². The van der Waals surface area contributed by atoms with Crippen molar-refractivity contribution in [2.24, 2.45) is 11.7 Å². The number of ether oxygens (including phenoxy) is 1. The first-order chi connectivity index (χ1) is 15.5. The van der Waals surface area contributed by atoms with Gasteiger partial charge in [-0.2, -0.15) is 0 Å². The van der Waals surface area contributed by atoms with Crippen LogP contribution in [0, 0.1) is 5.92 Å². The molecule has 0 fully saturated rings. The van der Waals surface area contributed by atoms with E-state index in [2.05, 4.69) is 5.32 Å². The minimum Gasteiger partial charge on any atom is -0.458 e. The molecule has 0 spiro atoms. The quantitative estimate of drug-likeness (QED) is 0.354. The number of hydrogen-bond acceptors (Lipinski definition) is 6. The summed E-state index contributed by atoms with van der Waals surface area (Å²) in [6.07, 6.45) is -2.37. The van der Waals surface area contributed by atoms with E-state index in [1.807, 2.05) is 5.32 Å². The molecule has 4 atom stereocenters. The van der Waals surface area contributed by atoms with Crippen molar-refractivity contribution in [3.8, 4) is 0 Å². The predicted molar refractivity (Wildman–Crippen MR) is 124 cm³/mol. The lowest BCUT2D eigenvalue weighted by Crippen LogP contribution is -2.64. The van der Waals surface area contributed by atoms with Crippen LogP contribution in [0.25, 0.3) is 0 Å². The van der Waals surface area contributed by atoms with Crippen LogP contribution in [0.1, 0.15) is 53.5 Å². The molecule has 0 aliphatic rings. The molecular formula is C24H37F2N3O5. The maximum atomic E-state index is 15.2. The average molecular weight is 486 g/mol. The van der Waals surface area contributed by atoms with Gasteiger partial charge in [0.2, 0.25) is 11.8 Å². The largest absolute Gasteiger partial charge is 0.458 e. The summed E-state index contributed by atoms with van der Waals surface area (Å²) in [5, 5.41) is 14.6. The number of carbonyl (C=O) groups excluding carboxylic acids is 3. The van der Waals surface area contributed by atoms with Gasteiger partial charge >= 0.3 is 11.9 Å². The molecule has 2 amide bonds. The Balaban J connectivity index is 3.02. The van der Waals surface area contributed by atoms with Gasteiger partial charge in [-0.1, -0.05) is 44.2 Å². The van der Waals surface area contributed by atoms with Crippen molar-refractivity contribution in [1.29, 1.82) is 0 Å². The maximum Gasteiger partial charge on any atom is 0.335 e. The Bertz CT molecular complexity index is 828. The SMILES string of the molecule is CC(C)CC(N)C(O)C(F)(F)C(NC(=O)[C@@H](C)NC(=O)Cc1ccccc1)C(=O)OC(C)(C)C. The fraction of sp³-hybridized carbons (Fsp3) is 0.625. The third-order valence-corrected chi connectivity index (χ3v) is 4.84. The second-order valence-corrected chi connectivity index (χ2v) is 9.84. The topological polar surface area (TPSA) is 131 Å². The molecule has 0 aromatic heterocycles. The first kappa shape index (κ1) is 29.4. The van der Waals surface area contributed by atoms with Crippen LogP contribution in [-0.4, -0.2) is 58.6 Å². The molecule has 34 heavy (non-hydrogen) atoms. The Morgan fingerprint density at radius 2 is 1.62 bits per heavy atom. The summed E-state index contributed by atoms with van der Waals surface area (Å²) in [4.78, 5) is 37.5. The second-order valence-electron chi connectivity index (χ2n) is 9.84. The molecule has 1 rings (SSSR count). The van der Waals surface area contributed by atoms with Crippen LogP contribution in [-0.2, 0) is 25.5 Å². The van der Waals surface area contributed by atoms with Gasteiger partial charge in [-0.05, 0) is 45.6 Å². The standard InChI is InChI=1S/C24H37F2N3O5/c1-14(2)12-17(27)20(31)24(25,26)19(22(33)34-23(4,5)6)29-21(32)15(3)28-18(30)13-16-10-8-7-9-11-16/h7-11,14-15,17,19-20,31H,12-13,27H2,1-6H3,(H,28,30)(H,29,32)/t15-,17?,19?,20?/m1/s1. The van der Waals surface area contributed by atoms with Gasteiger partial charge in [0.25, 0.3) is 0 Å². The smallest absolute Gasteiger partial charge is 0.335 e. The number of alkyl halides is 2. The van der Waals surface area contributed by atoms with Crippen molar-refractivity contribution in [2.45, 2.75) is 90.1 Å². The van der Waals surface area contributed by atoms with E-state index in [0.29, 0.717) is 5.56 Å². The Morgan fingerprint density at radius 1 is 1.06 bits per heavy atom. The van der Waals surface area contributed by atoms with Crippen LogP contribution in [0.15, 0.2) is 30.3 Å². The van der Waals surface area contributed by atoms with E-state index in [1.165, 1.54) is 27.7 Å². The number of benzene rings is 1. The minimum absolute atomic E-state index is 0.0209.